The molecule has 2 heterocycles. The van der Waals surface area contributed by atoms with Gasteiger partial charge in [-0.25, -0.2) is 0 Å². The third-order valence-corrected chi connectivity index (χ3v) is 5.81. The zero-order chi connectivity index (χ0) is 20.4. The third-order valence-electron chi connectivity index (χ3n) is 5.28. The summed E-state index contributed by atoms with van der Waals surface area (Å²) in [6.45, 7) is 2.16. The summed E-state index contributed by atoms with van der Waals surface area (Å²) >= 11 is 3.39. The largest absolute Gasteiger partial charge is 0.339 e. The van der Waals surface area contributed by atoms with E-state index in [4.69, 9.17) is 5.73 Å². The van der Waals surface area contributed by atoms with E-state index in [1.165, 1.54) is 0 Å². The number of nitrogens with zero attached hydrogens (tertiary/aromatic N) is 3. The van der Waals surface area contributed by atoms with Crippen LogP contribution in [0, 0.1) is 0 Å². The van der Waals surface area contributed by atoms with E-state index in [0.717, 1.165) is 27.4 Å². The number of hydrogen-bond acceptors (Lipinski definition) is 4. The van der Waals surface area contributed by atoms with E-state index >= 15 is 0 Å². The van der Waals surface area contributed by atoms with Crippen LogP contribution in [0.15, 0.2) is 53.1 Å². The topological polar surface area (TPSA) is 95.3 Å². The number of aromatic amines is 1. The Hall–Kier alpha value is -2.71. The van der Waals surface area contributed by atoms with Crippen LogP contribution in [0.5, 0.6) is 0 Å². The Labute approximate surface area is 177 Å². The molecule has 1 atom stereocenters. The Balaban J connectivity index is 1.42. The fourth-order valence-corrected chi connectivity index (χ4v) is 3.87. The van der Waals surface area contributed by atoms with Crippen LogP contribution in [0.3, 0.4) is 0 Å². The van der Waals surface area contributed by atoms with Gasteiger partial charge in [-0.1, -0.05) is 28.1 Å². The van der Waals surface area contributed by atoms with Crippen molar-refractivity contribution >= 4 is 38.6 Å². The SMILES string of the molecule is NC(C(=O)N1CCCN(C(=O)c2ccc3[nH]ncc3c2)CC1)c1ccc(Br)cc1. The van der Waals surface area contributed by atoms with Gasteiger partial charge in [0.25, 0.3) is 5.91 Å². The number of amides is 2. The number of rotatable bonds is 3. The molecule has 2 aromatic carbocycles. The van der Waals surface area contributed by atoms with Crippen LogP contribution in [0.4, 0.5) is 0 Å². The highest BCUT2D eigenvalue weighted by atomic mass is 79.9. The molecule has 1 aromatic heterocycles. The molecule has 0 spiro atoms. The van der Waals surface area contributed by atoms with E-state index in [0.29, 0.717) is 31.7 Å². The highest BCUT2D eigenvalue weighted by Crippen LogP contribution is 2.19. The quantitative estimate of drug-likeness (QED) is 0.634. The molecule has 1 aliphatic rings. The summed E-state index contributed by atoms with van der Waals surface area (Å²) in [5, 5.41) is 7.79. The summed E-state index contributed by atoms with van der Waals surface area (Å²) in [5.41, 5.74) is 8.51. The van der Waals surface area contributed by atoms with Gasteiger partial charge >= 0.3 is 0 Å². The monoisotopic (exact) mass is 455 g/mol. The highest BCUT2D eigenvalue weighted by Gasteiger charge is 2.26. The summed E-state index contributed by atoms with van der Waals surface area (Å²) in [7, 11) is 0. The molecular formula is C21H22BrN5O2. The second-order valence-corrected chi connectivity index (χ2v) is 8.09. The zero-order valence-electron chi connectivity index (χ0n) is 15.8. The van der Waals surface area contributed by atoms with Crippen molar-refractivity contribution in [3.63, 3.8) is 0 Å². The first-order valence-electron chi connectivity index (χ1n) is 9.55. The average Bonchev–Trinajstić information content (AvgIpc) is 3.07. The van der Waals surface area contributed by atoms with Crippen LogP contribution in [0.1, 0.15) is 28.4 Å². The van der Waals surface area contributed by atoms with Crippen LogP contribution < -0.4 is 5.73 Å². The van der Waals surface area contributed by atoms with E-state index < -0.39 is 6.04 Å². The predicted molar refractivity (Wildman–Crippen MR) is 114 cm³/mol. The number of carbonyl (C=O) groups is 2. The van der Waals surface area contributed by atoms with Gasteiger partial charge in [0.05, 0.1) is 11.7 Å². The van der Waals surface area contributed by atoms with Gasteiger partial charge in [0.2, 0.25) is 5.91 Å². The van der Waals surface area contributed by atoms with Crippen molar-refractivity contribution in [3.8, 4) is 0 Å². The molecule has 8 heteroatoms. The van der Waals surface area contributed by atoms with E-state index in [1.54, 1.807) is 22.1 Å². The minimum atomic E-state index is -0.700. The Morgan fingerprint density at radius 3 is 2.55 bits per heavy atom. The van der Waals surface area contributed by atoms with Crippen molar-refractivity contribution < 1.29 is 9.59 Å². The summed E-state index contributed by atoms with van der Waals surface area (Å²) < 4.78 is 0.943. The van der Waals surface area contributed by atoms with Gasteiger partial charge in [0.15, 0.2) is 0 Å². The number of halogens is 1. The van der Waals surface area contributed by atoms with E-state index in [-0.39, 0.29) is 11.8 Å². The fraction of sp³-hybridized carbons (Fsp3) is 0.286. The van der Waals surface area contributed by atoms with Gasteiger partial charge in [0.1, 0.15) is 6.04 Å². The second kappa shape index (κ2) is 8.34. The number of carbonyl (C=O) groups excluding carboxylic acids is 2. The Kier molecular flexibility index (Phi) is 5.64. The van der Waals surface area contributed by atoms with Crippen molar-refractivity contribution in [2.75, 3.05) is 26.2 Å². The normalized spacial score (nSPS) is 15.9. The number of nitrogens with one attached hydrogen (secondary N) is 1. The zero-order valence-corrected chi connectivity index (χ0v) is 17.4. The summed E-state index contributed by atoms with van der Waals surface area (Å²) in [6.07, 6.45) is 2.43. The summed E-state index contributed by atoms with van der Waals surface area (Å²) in [5.74, 6) is -0.138. The third kappa shape index (κ3) is 4.18. The predicted octanol–water partition coefficient (Wildman–Crippen LogP) is 2.70. The minimum absolute atomic E-state index is 0.0281. The van der Waals surface area contributed by atoms with Gasteiger partial charge in [-0.05, 0) is 42.3 Å². The van der Waals surface area contributed by atoms with Gasteiger partial charge in [-0.3, -0.25) is 14.7 Å². The second-order valence-electron chi connectivity index (χ2n) is 7.17. The summed E-state index contributed by atoms with van der Waals surface area (Å²) in [6, 6.07) is 12.3. The standard InChI is InChI=1S/C21H22BrN5O2/c22-17-5-2-14(3-6-17)19(23)21(29)27-9-1-8-26(10-11-27)20(28)15-4-7-18-16(12-15)13-24-25-18/h2-7,12-13,19H,1,8-11,23H2,(H,24,25). The molecule has 0 aliphatic carbocycles. The van der Waals surface area contributed by atoms with E-state index in [1.807, 2.05) is 36.4 Å². The van der Waals surface area contributed by atoms with Gasteiger partial charge < -0.3 is 15.5 Å². The van der Waals surface area contributed by atoms with E-state index in [9.17, 15) is 9.59 Å². The fourth-order valence-electron chi connectivity index (χ4n) is 3.61. The molecule has 1 unspecified atom stereocenters. The molecule has 7 nitrogen and oxygen atoms in total. The molecule has 1 fully saturated rings. The molecule has 1 aliphatic heterocycles. The van der Waals surface area contributed by atoms with Crippen molar-refractivity contribution in [1.29, 1.82) is 0 Å². The summed E-state index contributed by atoms with van der Waals surface area (Å²) in [4.78, 5) is 29.4. The molecule has 0 bridgehead atoms. The lowest BCUT2D eigenvalue weighted by molar-refractivity contribution is -0.132. The molecule has 2 amide bonds. The van der Waals surface area contributed by atoms with Crippen LogP contribution >= 0.6 is 15.9 Å². The molecule has 3 aromatic rings. The lowest BCUT2D eigenvalue weighted by Gasteiger charge is -2.25. The molecule has 1 saturated heterocycles. The highest BCUT2D eigenvalue weighted by molar-refractivity contribution is 9.10. The Morgan fingerprint density at radius 2 is 1.76 bits per heavy atom. The lowest BCUT2D eigenvalue weighted by atomic mass is 10.1. The first-order valence-corrected chi connectivity index (χ1v) is 10.3. The molecule has 150 valence electrons. The Morgan fingerprint density at radius 1 is 1.03 bits per heavy atom. The number of fused-ring (bicyclic) bond motifs is 1. The van der Waals surface area contributed by atoms with Crippen LogP contribution in [0.2, 0.25) is 0 Å². The smallest absolute Gasteiger partial charge is 0.253 e. The Bertz CT molecular complexity index is 1030. The van der Waals surface area contributed by atoms with Gasteiger partial charge in [0, 0.05) is 41.6 Å². The molecule has 4 rings (SSSR count). The first-order chi connectivity index (χ1) is 14.0. The molecular weight excluding hydrogens is 434 g/mol. The molecule has 0 radical (unpaired) electrons. The number of benzene rings is 2. The maximum Gasteiger partial charge on any atom is 0.253 e. The molecule has 29 heavy (non-hydrogen) atoms. The van der Waals surface area contributed by atoms with Crippen molar-refractivity contribution in [2.45, 2.75) is 12.5 Å². The van der Waals surface area contributed by atoms with Crippen LogP contribution in [-0.4, -0.2) is 58.0 Å². The lowest BCUT2D eigenvalue weighted by Crippen LogP contribution is -2.41. The van der Waals surface area contributed by atoms with Crippen molar-refractivity contribution in [2.24, 2.45) is 5.73 Å². The van der Waals surface area contributed by atoms with Gasteiger partial charge in [-0.2, -0.15) is 5.10 Å². The van der Waals surface area contributed by atoms with E-state index in [2.05, 4.69) is 26.1 Å². The maximum atomic E-state index is 12.9. The number of H-pyrrole nitrogens is 1. The number of hydrogen-bond donors (Lipinski definition) is 2. The van der Waals surface area contributed by atoms with Crippen LogP contribution in [-0.2, 0) is 4.79 Å². The molecule has 0 saturated carbocycles. The van der Waals surface area contributed by atoms with Crippen molar-refractivity contribution in [1.82, 2.24) is 20.0 Å². The average molecular weight is 456 g/mol. The number of nitrogens with two attached hydrogens (primary N) is 1. The van der Waals surface area contributed by atoms with Gasteiger partial charge in [-0.15, -0.1) is 0 Å². The molecule has 3 N–H and O–H groups in total. The number of aromatic nitrogens is 2. The minimum Gasteiger partial charge on any atom is -0.339 e. The first kappa shape index (κ1) is 19.6. The van der Waals surface area contributed by atoms with Crippen LogP contribution in [0.25, 0.3) is 10.9 Å². The maximum absolute atomic E-state index is 12.9. The van der Waals surface area contributed by atoms with Crippen molar-refractivity contribution in [3.05, 3.63) is 64.3 Å².